The number of hydrogen-bond donors (Lipinski definition) is 1. The predicted molar refractivity (Wildman–Crippen MR) is 122 cm³/mol. The molecule has 0 bridgehead atoms. The van der Waals surface area contributed by atoms with Gasteiger partial charge in [0.05, 0.1) is 10.0 Å². The molecule has 3 rings (SSSR count). The molecule has 1 aliphatic heterocycles. The number of halogens is 2. The third kappa shape index (κ3) is 5.97. The molecule has 1 N–H and O–H groups in total. The molecule has 0 spiro atoms. The number of rotatable bonds is 7. The number of aryl methyl sites for hydroxylation is 2. The molecule has 2 aromatic carbocycles. The average Bonchev–Trinajstić information content (AvgIpc) is 2.75. The zero-order valence-corrected chi connectivity index (χ0v) is 18.8. The van der Waals surface area contributed by atoms with E-state index in [2.05, 4.69) is 42.3 Å². The van der Waals surface area contributed by atoms with E-state index >= 15 is 0 Å². The molecule has 0 atom stereocenters. The fourth-order valence-electron chi connectivity index (χ4n) is 3.98. The van der Waals surface area contributed by atoms with Gasteiger partial charge < -0.3 is 5.32 Å². The van der Waals surface area contributed by atoms with Crippen LogP contribution >= 0.6 is 23.2 Å². The second-order valence-electron chi connectivity index (χ2n) is 7.83. The minimum Gasteiger partial charge on any atom is -0.352 e. The maximum absolute atomic E-state index is 12.7. The van der Waals surface area contributed by atoms with Crippen molar-refractivity contribution >= 4 is 29.1 Å². The SMILES string of the molecule is CCc1ccc(CC)c(CNC(=O)C2CCN(Cc3ccc(Cl)c(Cl)c3)CC2)c1. The molecule has 0 saturated carbocycles. The summed E-state index contributed by atoms with van der Waals surface area (Å²) in [5.41, 5.74) is 5.04. The molecule has 3 nitrogen and oxygen atoms in total. The number of hydrogen-bond acceptors (Lipinski definition) is 2. The zero-order valence-electron chi connectivity index (χ0n) is 17.3. The molecular formula is C24H30Cl2N2O. The van der Waals surface area contributed by atoms with Gasteiger partial charge in [0, 0.05) is 19.0 Å². The molecule has 156 valence electrons. The van der Waals surface area contributed by atoms with Crippen molar-refractivity contribution in [3.05, 3.63) is 68.7 Å². The van der Waals surface area contributed by atoms with Crippen molar-refractivity contribution in [1.29, 1.82) is 0 Å². The lowest BCUT2D eigenvalue weighted by Crippen LogP contribution is -2.40. The lowest BCUT2D eigenvalue weighted by atomic mass is 9.95. The smallest absolute Gasteiger partial charge is 0.223 e. The van der Waals surface area contributed by atoms with Gasteiger partial charge in [-0.3, -0.25) is 9.69 Å². The molecule has 0 aliphatic carbocycles. The topological polar surface area (TPSA) is 32.3 Å². The molecular weight excluding hydrogens is 403 g/mol. The highest BCUT2D eigenvalue weighted by Gasteiger charge is 2.25. The number of likely N-dealkylation sites (tertiary alicyclic amines) is 1. The Labute approximate surface area is 184 Å². The molecule has 1 aliphatic rings. The van der Waals surface area contributed by atoms with Crippen molar-refractivity contribution in [2.45, 2.75) is 52.6 Å². The second kappa shape index (κ2) is 10.5. The fraction of sp³-hybridized carbons (Fsp3) is 0.458. The number of amides is 1. The van der Waals surface area contributed by atoms with Gasteiger partial charge in [0.1, 0.15) is 0 Å². The first-order valence-corrected chi connectivity index (χ1v) is 11.3. The minimum absolute atomic E-state index is 0.0968. The van der Waals surface area contributed by atoms with Crippen LogP contribution in [0.4, 0.5) is 0 Å². The summed E-state index contributed by atoms with van der Waals surface area (Å²) in [6.07, 6.45) is 3.79. The lowest BCUT2D eigenvalue weighted by molar-refractivity contribution is -0.126. The number of nitrogens with zero attached hydrogens (tertiary/aromatic N) is 1. The van der Waals surface area contributed by atoms with E-state index in [1.54, 1.807) is 0 Å². The monoisotopic (exact) mass is 432 g/mol. The maximum atomic E-state index is 12.7. The molecule has 1 saturated heterocycles. The third-order valence-electron chi connectivity index (χ3n) is 5.86. The minimum atomic E-state index is 0.0968. The van der Waals surface area contributed by atoms with Crippen molar-refractivity contribution in [2.24, 2.45) is 5.92 Å². The van der Waals surface area contributed by atoms with Crippen LogP contribution in [0.25, 0.3) is 0 Å². The summed E-state index contributed by atoms with van der Waals surface area (Å²) in [6, 6.07) is 12.4. The van der Waals surface area contributed by atoms with Crippen molar-refractivity contribution in [3.63, 3.8) is 0 Å². The molecule has 1 heterocycles. The van der Waals surface area contributed by atoms with Crippen LogP contribution in [-0.4, -0.2) is 23.9 Å². The first kappa shape index (κ1) is 22.1. The van der Waals surface area contributed by atoms with Gasteiger partial charge in [0.2, 0.25) is 5.91 Å². The summed E-state index contributed by atoms with van der Waals surface area (Å²) < 4.78 is 0. The second-order valence-corrected chi connectivity index (χ2v) is 8.64. The van der Waals surface area contributed by atoms with Gasteiger partial charge in [-0.15, -0.1) is 0 Å². The van der Waals surface area contributed by atoms with Crippen LogP contribution < -0.4 is 5.32 Å². The van der Waals surface area contributed by atoms with Crippen molar-refractivity contribution in [1.82, 2.24) is 10.2 Å². The first-order valence-electron chi connectivity index (χ1n) is 10.5. The fourth-order valence-corrected chi connectivity index (χ4v) is 4.31. The highest BCUT2D eigenvalue weighted by atomic mass is 35.5. The highest BCUT2D eigenvalue weighted by molar-refractivity contribution is 6.42. The Balaban J connectivity index is 1.49. The Morgan fingerprint density at radius 3 is 2.34 bits per heavy atom. The Morgan fingerprint density at radius 2 is 1.69 bits per heavy atom. The van der Waals surface area contributed by atoms with E-state index in [0.29, 0.717) is 16.6 Å². The molecule has 0 aromatic heterocycles. The molecule has 5 heteroatoms. The standard InChI is InChI=1S/C24H30Cl2N2O/c1-3-17-5-7-19(4-2)21(13-17)15-27-24(29)20-9-11-28(12-10-20)16-18-6-8-22(25)23(26)14-18/h5-8,13-14,20H,3-4,9-12,15-16H2,1-2H3,(H,27,29). The molecule has 0 unspecified atom stereocenters. The number of benzene rings is 2. The molecule has 2 aromatic rings. The van der Waals surface area contributed by atoms with Crippen LogP contribution in [0.2, 0.25) is 10.0 Å². The van der Waals surface area contributed by atoms with Crippen LogP contribution in [0.5, 0.6) is 0 Å². The average molecular weight is 433 g/mol. The van der Waals surface area contributed by atoms with E-state index < -0.39 is 0 Å². The largest absolute Gasteiger partial charge is 0.352 e. The maximum Gasteiger partial charge on any atom is 0.223 e. The van der Waals surface area contributed by atoms with Gasteiger partial charge in [-0.25, -0.2) is 0 Å². The van der Waals surface area contributed by atoms with Crippen LogP contribution in [-0.2, 0) is 30.7 Å². The van der Waals surface area contributed by atoms with E-state index in [0.717, 1.165) is 50.9 Å². The van der Waals surface area contributed by atoms with E-state index in [-0.39, 0.29) is 11.8 Å². The Morgan fingerprint density at radius 1 is 0.966 bits per heavy atom. The third-order valence-corrected chi connectivity index (χ3v) is 6.60. The Bertz CT molecular complexity index is 845. The van der Waals surface area contributed by atoms with Crippen molar-refractivity contribution in [3.8, 4) is 0 Å². The number of nitrogens with one attached hydrogen (secondary N) is 1. The molecule has 29 heavy (non-hydrogen) atoms. The van der Waals surface area contributed by atoms with Crippen LogP contribution in [0.1, 0.15) is 48.9 Å². The van der Waals surface area contributed by atoms with Gasteiger partial charge in [0.15, 0.2) is 0 Å². The normalized spacial score (nSPS) is 15.4. The summed E-state index contributed by atoms with van der Waals surface area (Å²) in [5, 5.41) is 4.36. The molecule has 1 amide bonds. The predicted octanol–water partition coefficient (Wildman–Crippen LogP) is 5.65. The number of carbonyl (C=O) groups is 1. The van der Waals surface area contributed by atoms with E-state index in [9.17, 15) is 4.79 Å². The molecule has 1 fully saturated rings. The summed E-state index contributed by atoms with van der Waals surface area (Å²) in [6.45, 7) is 7.63. The van der Waals surface area contributed by atoms with Crippen molar-refractivity contribution < 1.29 is 4.79 Å². The quantitative estimate of drug-likeness (QED) is 0.612. The van der Waals surface area contributed by atoms with Gasteiger partial charge >= 0.3 is 0 Å². The number of carbonyl (C=O) groups excluding carboxylic acids is 1. The summed E-state index contributed by atoms with van der Waals surface area (Å²) in [7, 11) is 0. The summed E-state index contributed by atoms with van der Waals surface area (Å²) >= 11 is 12.1. The first-order chi connectivity index (χ1) is 14.0. The summed E-state index contributed by atoms with van der Waals surface area (Å²) in [4.78, 5) is 15.1. The van der Waals surface area contributed by atoms with Gasteiger partial charge in [0.25, 0.3) is 0 Å². The van der Waals surface area contributed by atoms with E-state index in [4.69, 9.17) is 23.2 Å². The highest BCUT2D eigenvalue weighted by Crippen LogP contribution is 2.25. The van der Waals surface area contributed by atoms with Gasteiger partial charge in [-0.05, 0) is 73.2 Å². The lowest BCUT2D eigenvalue weighted by Gasteiger charge is -2.31. The summed E-state index contributed by atoms with van der Waals surface area (Å²) in [5.74, 6) is 0.280. The van der Waals surface area contributed by atoms with Crippen LogP contribution in [0.15, 0.2) is 36.4 Å². The van der Waals surface area contributed by atoms with Crippen LogP contribution in [0.3, 0.4) is 0 Å². The Hall–Kier alpha value is -1.55. The van der Waals surface area contributed by atoms with Gasteiger partial charge in [-0.2, -0.15) is 0 Å². The Kier molecular flexibility index (Phi) is 7.99. The van der Waals surface area contributed by atoms with E-state index in [1.165, 1.54) is 16.7 Å². The molecule has 0 radical (unpaired) electrons. The van der Waals surface area contributed by atoms with E-state index in [1.807, 2.05) is 18.2 Å². The van der Waals surface area contributed by atoms with Crippen molar-refractivity contribution in [2.75, 3.05) is 13.1 Å². The van der Waals surface area contributed by atoms with Crippen LogP contribution in [0, 0.1) is 5.92 Å². The number of piperidine rings is 1. The van der Waals surface area contributed by atoms with Gasteiger partial charge in [-0.1, -0.05) is 61.3 Å². The zero-order chi connectivity index (χ0) is 20.8.